The molecule has 0 saturated carbocycles. The third-order valence-corrected chi connectivity index (χ3v) is 5.58. The summed E-state index contributed by atoms with van der Waals surface area (Å²) < 4.78 is 0. The van der Waals surface area contributed by atoms with Crippen molar-refractivity contribution in [3.05, 3.63) is 0 Å². The van der Waals surface area contributed by atoms with Crippen molar-refractivity contribution in [3.63, 3.8) is 0 Å². The third kappa shape index (κ3) is 3.89. The SMILES string of the molecule is O=C1CCC(CNCC2CSCCS2)N1. The van der Waals surface area contributed by atoms with E-state index in [0.717, 1.165) is 24.8 Å². The first-order valence-electron chi connectivity index (χ1n) is 5.54. The lowest BCUT2D eigenvalue weighted by Crippen LogP contribution is -2.39. The van der Waals surface area contributed by atoms with Gasteiger partial charge in [0.05, 0.1) is 0 Å². The number of hydrogen-bond acceptors (Lipinski definition) is 4. The van der Waals surface area contributed by atoms with Crippen LogP contribution in [0.15, 0.2) is 0 Å². The van der Waals surface area contributed by atoms with Crippen LogP contribution >= 0.6 is 23.5 Å². The van der Waals surface area contributed by atoms with Gasteiger partial charge in [0.1, 0.15) is 0 Å². The molecule has 5 heteroatoms. The molecule has 0 aromatic rings. The molecule has 86 valence electrons. The van der Waals surface area contributed by atoms with Crippen molar-refractivity contribution in [1.82, 2.24) is 10.6 Å². The first-order valence-corrected chi connectivity index (χ1v) is 7.74. The summed E-state index contributed by atoms with van der Waals surface area (Å²) >= 11 is 4.13. The van der Waals surface area contributed by atoms with Crippen LogP contribution in [0.25, 0.3) is 0 Å². The minimum absolute atomic E-state index is 0.212. The Morgan fingerprint density at radius 3 is 3.00 bits per heavy atom. The summed E-state index contributed by atoms with van der Waals surface area (Å²) in [5.41, 5.74) is 0. The molecule has 15 heavy (non-hydrogen) atoms. The van der Waals surface area contributed by atoms with E-state index in [2.05, 4.69) is 34.2 Å². The van der Waals surface area contributed by atoms with Gasteiger partial charge in [0.25, 0.3) is 0 Å². The topological polar surface area (TPSA) is 41.1 Å². The van der Waals surface area contributed by atoms with Gasteiger partial charge in [-0.15, -0.1) is 0 Å². The molecular weight excluding hydrogens is 228 g/mol. The number of carbonyl (C=O) groups is 1. The van der Waals surface area contributed by atoms with E-state index < -0.39 is 0 Å². The van der Waals surface area contributed by atoms with Crippen LogP contribution in [0.3, 0.4) is 0 Å². The molecule has 2 N–H and O–H groups in total. The minimum atomic E-state index is 0.212. The summed E-state index contributed by atoms with van der Waals surface area (Å²) in [6.07, 6.45) is 1.71. The third-order valence-electron chi connectivity index (χ3n) is 2.73. The van der Waals surface area contributed by atoms with Crippen LogP contribution in [0.4, 0.5) is 0 Å². The summed E-state index contributed by atoms with van der Waals surface area (Å²) in [5.74, 6) is 4.08. The first kappa shape index (κ1) is 11.6. The summed E-state index contributed by atoms with van der Waals surface area (Å²) in [6, 6.07) is 0.374. The monoisotopic (exact) mass is 246 g/mol. The van der Waals surface area contributed by atoms with Crippen molar-refractivity contribution in [2.75, 3.05) is 30.3 Å². The van der Waals surface area contributed by atoms with Crippen LogP contribution in [0.2, 0.25) is 0 Å². The van der Waals surface area contributed by atoms with Gasteiger partial charge in [-0.1, -0.05) is 0 Å². The maximum Gasteiger partial charge on any atom is 0.220 e. The number of hydrogen-bond donors (Lipinski definition) is 2. The second-order valence-electron chi connectivity index (χ2n) is 4.03. The van der Waals surface area contributed by atoms with Crippen molar-refractivity contribution >= 4 is 29.4 Å². The zero-order valence-electron chi connectivity index (χ0n) is 8.83. The molecule has 2 saturated heterocycles. The van der Waals surface area contributed by atoms with Crippen molar-refractivity contribution < 1.29 is 4.79 Å². The molecule has 0 bridgehead atoms. The van der Waals surface area contributed by atoms with E-state index in [0.29, 0.717) is 12.5 Å². The Balaban J connectivity index is 1.56. The minimum Gasteiger partial charge on any atom is -0.352 e. The maximum absolute atomic E-state index is 11.0. The van der Waals surface area contributed by atoms with Crippen molar-refractivity contribution in [2.45, 2.75) is 24.1 Å². The summed E-state index contributed by atoms with van der Waals surface area (Å²) in [6.45, 7) is 2.03. The highest BCUT2D eigenvalue weighted by molar-refractivity contribution is 8.06. The van der Waals surface area contributed by atoms with Crippen molar-refractivity contribution in [3.8, 4) is 0 Å². The highest BCUT2D eigenvalue weighted by Gasteiger charge is 2.20. The molecule has 0 aliphatic carbocycles. The predicted molar refractivity (Wildman–Crippen MR) is 67.6 cm³/mol. The van der Waals surface area contributed by atoms with E-state index in [1.54, 1.807) is 0 Å². The average molecular weight is 246 g/mol. The normalized spacial score (nSPS) is 31.6. The van der Waals surface area contributed by atoms with E-state index in [9.17, 15) is 4.79 Å². The molecule has 0 spiro atoms. The summed E-state index contributed by atoms with van der Waals surface area (Å²) in [5, 5.41) is 7.21. The van der Waals surface area contributed by atoms with E-state index in [1.165, 1.54) is 17.3 Å². The van der Waals surface area contributed by atoms with Gasteiger partial charge in [-0.05, 0) is 6.42 Å². The molecule has 0 aromatic heterocycles. The fourth-order valence-electron chi connectivity index (χ4n) is 1.90. The number of carbonyl (C=O) groups excluding carboxylic acids is 1. The zero-order chi connectivity index (χ0) is 10.5. The first-order chi connectivity index (χ1) is 7.34. The molecule has 2 rings (SSSR count). The lowest BCUT2D eigenvalue weighted by atomic mass is 10.2. The van der Waals surface area contributed by atoms with Crippen molar-refractivity contribution in [2.24, 2.45) is 0 Å². The van der Waals surface area contributed by atoms with Gasteiger partial charge in [0.15, 0.2) is 0 Å². The van der Waals surface area contributed by atoms with Gasteiger partial charge in [0, 0.05) is 48.1 Å². The molecule has 3 nitrogen and oxygen atoms in total. The van der Waals surface area contributed by atoms with E-state index >= 15 is 0 Å². The number of thioether (sulfide) groups is 2. The molecule has 2 heterocycles. The highest BCUT2D eigenvalue weighted by atomic mass is 32.2. The number of rotatable bonds is 4. The quantitative estimate of drug-likeness (QED) is 0.766. The zero-order valence-corrected chi connectivity index (χ0v) is 10.5. The lowest BCUT2D eigenvalue weighted by Gasteiger charge is -2.22. The standard InChI is InChI=1S/C10H18N2OS2/c13-10-2-1-8(12-10)5-11-6-9-7-14-3-4-15-9/h8-9,11H,1-7H2,(H,12,13). The van der Waals surface area contributed by atoms with Gasteiger partial charge in [-0.2, -0.15) is 23.5 Å². The number of amides is 1. The summed E-state index contributed by atoms with van der Waals surface area (Å²) in [7, 11) is 0. The Hall–Kier alpha value is 0.130. The predicted octanol–water partition coefficient (Wildman–Crippen LogP) is 0.703. The average Bonchev–Trinajstić information content (AvgIpc) is 2.66. The fraction of sp³-hybridized carbons (Fsp3) is 0.900. The van der Waals surface area contributed by atoms with Gasteiger partial charge >= 0.3 is 0 Å². The Labute approximate surface area is 99.5 Å². The molecular formula is C10H18N2OS2. The summed E-state index contributed by atoms with van der Waals surface area (Å²) in [4.78, 5) is 11.0. The molecule has 1 amide bonds. The van der Waals surface area contributed by atoms with Crippen LogP contribution in [0.5, 0.6) is 0 Å². The fourth-order valence-corrected chi connectivity index (χ4v) is 4.55. The van der Waals surface area contributed by atoms with Gasteiger partial charge in [0.2, 0.25) is 5.91 Å². The molecule has 2 fully saturated rings. The van der Waals surface area contributed by atoms with Crippen LogP contribution in [-0.2, 0) is 4.79 Å². The Bertz CT molecular complexity index is 219. The molecule has 2 unspecified atom stereocenters. The van der Waals surface area contributed by atoms with Gasteiger partial charge in [-0.25, -0.2) is 0 Å². The second kappa shape index (κ2) is 6.01. The Morgan fingerprint density at radius 1 is 1.40 bits per heavy atom. The Kier molecular flexibility index (Phi) is 4.65. The van der Waals surface area contributed by atoms with E-state index in [4.69, 9.17) is 0 Å². The lowest BCUT2D eigenvalue weighted by molar-refractivity contribution is -0.119. The molecule has 2 atom stereocenters. The second-order valence-corrected chi connectivity index (χ2v) is 6.59. The molecule has 0 radical (unpaired) electrons. The van der Waals surface area contributed by atoms with E-state index in [1.807, 2.05) is 0 Å². The van der Waals surface area contributed by atoms with Crippen LogP contribution in [0, 0.1) is 0 Å². The number of nitrogens with one attached hydrogen (secondary N) is 2. The van der Waals surface area contributed by atoms with Gasteiger partial charge < -0.3 is 10.6 Å². The maximum atomic E-state index is 11.0. The molecule has 2 aliphatic heterocycles. The van der Waals surface area contributed by atoms with Crippen molar-refractivity contribution in [1.29, 1.82) is 0 Å². The Morgan fingerprint density at radius 2 is 2.33 bits per heavy atom. The van der Waals surface area contributed by atoms with Crippen LogP contribution in [-0.4, -0.2) is 47.5 Å². The van der Waals surface area contributed by atoms with Gasteiger partial charge in [-0.3, -0.25) is 4.79 Å². The van der Waals surface area contributed by atoms with Crippen LogP contribution in [0.1, 0.15) is 12.8 Å². The largest absolute Gasteiger partial charge is 0.352 e. The smallest absolute Gasteiger partial charge is 0.220 e. The van der Waals surface area contributed by atoms with Crippen LogP contribution < -0.4 is 10.6 Å². The van der Waals surface area contributed by atoms with E-state index in [-0.39, 0.29) is 5.91 Å². The molecule has 2 aliphatic rings. The molecule has 0 aromatic carbocycles. The highest BCUT2D eigenvalue weighted by Crippen LogP contribution is 2.23.